The molecule has 1 saturated carbocycles. The predicted octanol–water partition coefficient (Wildman–Crippen LogP) is 3.76. The summed E-state index contributed by atoms with van der Waals surface area (Å²) < 4.78 is 6.76. The van der Waals surface area contributed by atoms with Gasteiger partial charge in [-0.3, -0.25) is 4.98 Å². The van der Waals surface area contributed by atoms with Crippen molar-refractivity contribution < 1.29 is 4.74 Å². The number of hydrogen-bond donors (Lipinski definition) is 1. The van der Waals surface area contributed by atoms with E-state index in [4.69, 9.17) is 10.5 Å². The van der Waals surface area contributed by atoms with Crippen LogP contribution in [0, 0.1) is 5.92 Å². The van der Waals surface area contributed by atoms with Crippen LogP contribution in [0.4, 0.5) is 5.69 Å². The summed E-state index contributed by atoms with van der Waals surface area (Å²) in [4.78, 5) is 4.40. The Kier molecular flexibility index (Phi) is 3.12. The molecule has 2 N–H and O–H groups in total. The molecule has 1 aliphatic carbocycles. The third kappa shape index (κ3) is 2.43. The van der Waals surface area contributed by atoms with Gasteiger partial charge in [0.25, 0.3) is 0 Å². The molecule has 18 heavy (non-hydrogen) atoms. The number of nitrogen functional groups attached to an aromatic ring is 1. The Morgan fingerprint density at radius 3 is 3.00 bits per heavy atom. The first-order valence-corrected chi connectivity index (χ1v) is 7.00. The van der Waals surface area contributed by atoms with Crippen molar-refractivity contribution >= 4 is 32.5 Å². The molecule has 0 unspecified atom stereocenters. The van der Waals surface area contributed by atoms with Crippen LogP contribution < -0.4 is 10.5 Å². The van der Waals surface area contributed by atoms with Gasteiger partial charge in [0.15, 0.2) is 0 Å². The van der Waals surface area contributed by atoms with E-state index in [1.165, 1.54) is 12.8 Å². The van der Waals surface area contributed by atoms with Gasteiger partial charge in [0.2, 0.25) is 0 Å². The second-order valence-corrected chi connectivity index (χ2v) is 5.70. The predicted molar refractivity (Wildman–Crippen MR) is 76.7 cm³/mol. The minimum absolute atomic E-state index is 0.730. The highest BCUT2D eigenvalue weighted by atomic mass is 79.9. The van der Waals surface area contributed by atoms with Crippen molar-refractivity contribution in [2.45, 2.75) is 19.3 Å². The van der Waals surface area contributed by atoms with Gasteiger partial charge in [-0.1, -0.05) is 12.8 Å². The molecule has 0 radical (unpaired) electrons. The Balaban J connectivity index is 1.88. The lowest BCUT2D eigenvalue weighted by molar-refractivity contribution is 0.305. The molecule has 1 aromatic carbocycles. The highest BCUT2D eigenvalue weighted by Gasteiger charge is 2.20. The Labute approximate surface area is 114 Å². The average molecular weight is 307 g/mol. The van der Waals surface area contributed by atoms with Crippen molar-refractivity contribution in [2.24, 2.45) is 5.92 Å². The molecular weight excluding hydrogens is 292 g/mol. The van der Waals surface area contributed by atoms with Crippen LogP contribution in [-0.2, 0) is 0 Å². The van der Waals surface area contributed by atoms with Gasteiger partial charge in [-0.05, 0) is 46.5 Å². The van der Waals surface area contributed by atoms with E-state index in [1.54, 1.807) is 6.20 Å². The number of benzene rings is 1. The van der Waals surface area contributed by atoms with Crippen LogP contribution in [0.1, 0.15) is 19.3 Å². The zero-order valence-electron chi connectivity index (χ0n) is 10.0. The molecular formula is C14H15BrN2O. The van der Waals surface area contributed by atoms with Crippen LogP contribution in [0.3, 0.4) is 0 Å². The summed E-state index contributed by atoms with van der Waals surface area (Å²) in [6.07, 6.45) is 5.63. The van der Waals surface area contributed by atoms with Crippen LogP contribution in [-0.4, -0.2) is 11.6 Å². The van der Waals surface area contributed by atoms with E-state index in [0.717, 1.165) is 45.8 Å². The molecule has 2 aromatic rings. The maximum absolute atomic E-state index is 5.96. The summed E-state index contributed by atoms with van der Waals surface area (Å²) in [5.74, 6) is 1.71. The fraction of sp³-hybridized carbons (Fsp3) is 0.357. The maximum atomic E-state index is 5.96. The molecule has 1 aromatic heterocycles. The molecule has 4 heteroatoms. The smallest absolute Gasteiger partial charge is 0.145 e. The molecule has 3 nitrogen and oxygen atoms in total. The molecule has 0 spiro atoms. The van der Waals surface area contributed by atoms with E-state index in [1.807, 2.05) is 18.2 Å². The fourth-order valence-electron chi connectivity index (χ4n) is 2.05. The zero-order chi connectivity index (χ0) is 12.5. The van der Waals surface area contributed by atoms with Gasteiger partial charge in [-0.25, -0.2) is 0 Å². The minimum Gasteiger partial charge on any atom is -0.491 e. The van der Waals surface area contributed by atoms with Crippen molar-refractivity contribution in [3.63, 3.8) is 0 Å². The molecule has 1 aliphatic rings. The first kappa shape index (κ1) is 11.8. The first-order chi connectivity index (χ1) is 8.74. The maximum Gasteiger partial charge on any atom is 0.145 e. The molecule has 0 saturated heterocycles. The van der Waals surface area contributed by atoms with E-state index in [-0.39, 0.29) is 0 Å². The van der Waals surface area contributed by atoms with E-state index in [2.05, 4.69) is 20.9 Å². The number of aromatic nitrogens is 1. The normalized spacial score (nSPS) is 14.9. The highest BCUT2D eigenvalue weighted by Crippen LogP contribution is 2.34. The number of rotatable bonds is 4. The van der Waals surface area contributed by atoms with Crippen LogP contribution >= 0.6 is 15.9 Å². The zero-order valence-corrected chi connectivity index (χ0v) is 11.6. The number of fused-ring (bicyclic) bond motifs is 1. The lowest BCUT2D eigenvalue weighted by Crippen LogP contribution is -2.00. The van der Waals surface area contributed by atoms with Gasteiger partial charge < -0.3 is 10.5 Å². The van der Waals surface area contributed by atoms with Crippen molar-refractivity contribution in [3.8, 4) is 5.75 Å². The number of halogens is 1. The largest absolute Gasteiger partial charge is 0.491 e. The van der Waals surface area contributed by atoms with E-state index >= 15 is 0 Å². The lowest BCUT2D eigenvalue weighted by atomic mass is 10.1. The van der Waals surface area contributed by atoms with Crippen molar-refractivity contribution in [1.82, 2.24) is 4.98 Å². The summed E-state index contributed by atoms with van der Waals surface area (Å²) >= 11 is 3.41. The fourth-order valence-corrected chi connectivity index (χ4v) is 2.38. The average Bonchev–Trinajstić information content (AvgIpc) is 3.17. The van der Waals surface area contributed by atoms with E-state index in [0.29, 0.717) is 0 Å². The number of anilines is 1. The molecule has 3 rings (SSSR count). The number of nitrogens with two attached hydrogens (primary N) is 1. The standard InChI is InChI=1S/C14H15BrN2O/c15-10-7-11-12(16)3-4-13(14(11)17-8-10)18-6-5-9-1-2-9/h3-4,7-9H,1-2,5-6,16H2. The second kappa shape index (κ2) is 4.76. The molecule has 94 valence electrons. The molecule has 0 amide bonds. The van der Waals surface area contributed by atoms with Crippen LogP contribution in [0.25, 0.3) is 10.9 Å². The SMILES string of the molecule is Nc1ccc(OCCC2CC2)c2ncc(Br)cc12. The van der Waals surface area contributed by atoms with Crippen LogP contribution in [0.5, 0.6) is 5.75 Å². The molecule has 0 aliphatic heterocycles. The summed E-state index contributed by atoms with van der Waals surface area (Å²) in [6.45, 7) is 0.765. The second-order valence-electron chi connectivity index (χ2n) is 4.78. The molecule has 1 fully saturated rings. The van der Waals surface area contributed by atoms with E-state index < -0.39 is 0 Å². The Morgan fingerprint density at radius 1 is 1.39 bits per heavy atom. The topological polar surface area (TPSA) is 48.1 Å². The molecule has 0 bridgehead atoms. The Bertz CT molecular complexity index is 581. The van der Waals surface area contributed by atoms with Gasteiger partial charge in [0, 0.05) is 21.7 Å². The highest BCUT2D eigenvalue weighted by molar-refractivity contribution is 9.10. The van der Waals surface area contributed by atoms with Gasteiger partial charge in [-0.2, -0.15) is 0 Å². The monoisotopic (exact) mass is 306 g/mol. The quantitative estimate of drug-likeness (QED) is 0.875. The van der Waals surface area contributed by atoms with Gasteiger partial charge >= 0.3 is 0 Å². The number of ether oxygens (including phenoxy) is 1. The summed E-state index contributed by atoms with van der Waals surface area (Å²) in [5, 5.41) is 0.938. The third-order valence-electron chi connectivity index (χ3n) is 3.29. The van der Waals surface area contributed by atoms with E-state index in [9.17, 15) is 0 Å². The van der Waals surface area contributed by atoms with Gasteiger partial charge in [0.1, 0.15) is 11.3 Å². The Morgan fingerprint density at radius 2 is 2.22 bits per heavy atom. The molecule has 1 heterocycles. The summed E-state index contributed by atoms with van der Waals surface area (Å²) in [6, 6.07) is 5.76. The van der Waals surface area contributed by atoms with Crippen LogP contribution in [0.15, 0.2) is 28.9 Å². The third-order valence-corrected chi connectivity index (χ3v) is 3.73. The number of nitrogens with zero attached hydrogens (tertiary/aromatic N) is 1. The van der Waals surface area contributed by atoms with Crippen LogP contribution in [0.2, 0.25) is 0 Å². The lowest BCUT2D eigenvalue weighted by Gasteiger charge is -2.10. The summed E-state index contributed by atoms with van der Waals surface area (Å²) in [7, 11) is 0. The molecule has 0 atom stereocenters. The van der Waals surface area contributed by atoms with Gasteiger partial charge in [-0.15, -0.1) is 0 Å². The van der Waals surface area contributed by atoms with Gasteiger partial charge in [0.05, 0.1) is 6.61 Å². The van der Waals surface area contributed by atoms with Crippen molar-refractivity contribution in [3.05, 3.63) is 28.9 Å². The minimum atomic E-state index is 0.730. The first-order valence-electron chi connectivity index (χ1n) is 6.20. The van der Waals surface area contributed by atoms with Crippen molar-refractivity contribution in [1.29, 1.82) is 0 Å². The number of hydrogen-bond acceptors (Lipinski definition) is 3. The number of pyridine rings is 1. The Hall–Kier alpha value is -1.29. The summed E-state index contributed by atoms with van der Waals surface area (Å²) in [5.41, 5.74) is 7.54. The van der Waals surface area contributed by atoms with Crippen molar-refractivity contribution in [2.75, 3.05) is 12.3 Å².